The lowest BCUT2D eigenvalue weighted by Crippen LogP contribution is -2.34. The molecule has 0 aromatic heterocycles. The van der Waals surface area contributed by atoms with Crippen molar-refractivity contribution in [3.63, 3.8) is 0 Å². The Kier molecular flexibility index (Phi) is 4.94. The summed E-state index contributed by atoms with van der Waals surface area (Å²) in [6.45, 7) is 7.47. The average molecular weight is 264 g/mol. The zero-order valence-corrected chi connectivity index (χ0v) is 12.0. The van der Waals surface area contributed by atoms with Crippen LogP contribution >= 0.6 is 0 Å². The minimum absolute atomic E-state index is 0.0607. The number of nitrogens with zero attached hydrogens (tertiary/aromatic N) is 1. The van der Waals surface area contributed by atoms with E-state index in [1.165, 1.54) is 25.9 Å². The van der Waals surface area contributed by atoms with E-state index in [0.717, 1.165) is 24.4 Å². The SMILES string of the molecule is Cc1ccc(C(N)CCN2CCC(C)CC2)cc1F. The molecule has 1 atom stereocenters. The first-order chi connectivity index (χ1) is 9.06. The van der Waals surface area contributed by atoms with Gasteiger partial charge in [-0.05, 0) is 68.9 Å². The van der Waals surface area contributed by atoms with Gasteiger partial charge in [-0.3, -0.25) is 0 Å². The van der Waals surface area contributed by atoms with Gasteiger partial charge in [0.15, 0.2) is 0 Å². The maximum absolute atomic E-state index is 13.5. The molecule has 19 heavy (non-hydrogen) atoms. The summed E-state index contributed by atoms with van der Waals surface area (Å²) >= 11 is 0. The van der Waals surface area contributed by atoms with Gasteiger partial charge in [0.1, 0.15) is 5.82 Å². The van der Waals surface area contributed by atoms with Crippen LogP contribution in [-0.2, 0) is 0 Å². The highest BCUT2D eigenvalue weighted by molar-refractivity contribution is 5.25. The maximum atomic E-state index is 13.5. The molecule has 0 radical (unpaired) electrons. The maximum Gasteiger partial charge on any atom is 0.126 e. The van der Waals surface area contributed by atoms with Gasteiger partial charge in [-0.1, -0.05) is 19.1 Å². The van der Waals surface area contributed by atoms with E-state index in [1.807, 2.05) is 12.1 Å². The number of likely N-dealkylation sites (tertiary alicyclic amines) is 1. The molecule has 0 saturated carbocycles. The van der Waals surface area contributed by atoms with Crippen LogP contribution in [0.3, 0.4) is 0 Å². The molecule has 0 amide bonds. The van der Waals surface area contributed by atoms with Gasteiger partial charge in [0, 0.05) is 6.04 Å². The summed E-state index contributed by atoms with van der Waals surface area (Å²) in [5.41, 5.74) is 7.76. The lowest BCUT2D eigenvalue weighted by atomic mass is 9.98. The Labute approximate surface area is 115 Å². The monoisotopic (exact) mass is 264 g/mol. The van der Waals surface area contributed by atoms with E-state index in [-0.39, 0.29) is 11.9 Å². The molecule has 1 aliphatic rings. The Morgan fingerprint density at radius 1 is 1.37 bits per heavy atom. The normalized spacial score (nSPS) is 19.6. The molecule has 2 nitrogen and oxygen atoms in total. The van der Waals surface area contributed by atoms with Crippen LogP contribution in [0.4, 0.5) is 4.39 Å². The molecule has 1 fully saturated rings. The lowest BCUT2D eigenvalue weighted by Gasteiger charge is -2.30. The number of piperidine rings is 1. The van der Waals surface area contributed by atoms with Crippen LogP contribution in [-0.4, -0.2) is 24.5 Å². The van der Waals surface area contributed by atoms with E-state index in [0.29, 0.717) is 5.56 Å². The van der Waals surface area contributed by atoms with Crippen molar-refractivity contribution in [2.24, 2.45) is 11.7 Å². The molecule has 3 heteroatoms. The van der Waals surface area contributed by atoms with Crippen molar-refractivity contribution >= 4 is 0 Å². The van der Waals surface area contributed by atoms with Gasteiger partial charge >= 0.3 is 0 Å². The topological polar surface area (TPSA) is 29.3 Å². The molecule has 1 aliphatic heterocycles. The molecule has 0 aliphatic carbocycles. The second-order valence-electron chi connectivity index (χ2n) is 5.93. The third-order valence-electron chi connectivity index (χ3n) is 4.26. The number of nitrogens with two attached hydrogens (primary N) is 1. The highest BCUT2D eigenvalue weighted by Crippen LogP contribution is 2.20. The summed E-state index contributed by atoms with van der Waals surface area (Å²) < 4.78 is 13.5. The average Bonchev–Trinajstić information content (AvgIpc) is 2.41. The largest absolute Gasteiger partial charge is 0.324 e. The molecule has 2 N–H and O–H groups in total. The molecule has 1 aromatic rings. The molecule has 1 unspecified atom stereocenters. The summed E-state index contributed by atoms with van der Waals surface area (Å²) in [6.07, 6.45) is 3.47. The van der Waals surface area contributed by atoms with E-state index in [1.54, 1.807) is 13.0 Å². The molecule has 1 saturated heterocycles. The fourth-order valence-electron chi connectivity index (χ4n) is 2.61. The summed E-state index contributed by atoms with van der Waals surface area (Å²) in [5, 5.41) is 0. The Morgan fingerprint density at radius 3 is 2.68 bits per heavy atom. The first-order valence-electron chi connectivity index (χ1n) is 7.30. The van der Waals surface area contributed by atoms with Gasteiger partial charge in [0.25, 0.3) is 0 Å². The molecular weight excluding hydrogens is 239 g/mol. The zero-order valence-electron chi connectivity index (χ0n) is 12.0. The van der Waals surface area contributed by atoms with Gasteiger partial charge in [0.05, 0.1) is 0 Å². The molecule has 106 valence electrons. The van der Waals surface area contributed by atoms with Crippen molar-refractivity contribution in [1.29, 1.82) is 0 Å². The second-order valence-corrected chi connectivity index (χ2v) is 5.93. The molecule has 2 rings (SSSR count). The third-order valence-corrected chi connectivity index (χ3v) is 4.26. The van der Waals surface area contributed by atoms with Gasteiger partial charge in [-0.2, -0.15) is 0 Å². The van der Waals surface area contributed by atoms with Crippen molar-refractivity contribution in [2.75, 3.05) is 19.6 Å². The fourth-order valence-corrected chi connectivity index (χ4v) is 2.61. The Hall–Kier alpha value is -0.930. The van der Waals surface area contributed by atoms with E-state index in [4.69, 9.17) is 5.73 Å². The van der Waals surface area contributed by atoms with E-state index < -0.39 is 0 Å². The van der Waals surface area contributed by atoms with Gasteiger partial charge in [-0.15, -0.1) is 0 Å². The van der Waals surface area contributed by atoms with Crippen LogP contribution in [0.25, 0.3) is 0 Å². The van der Waals surface area contributed by atoms with Crippen LogP contribution in [0, 0.1) is 18.7 Å². The molecule has 1 heterocycles. The summed E-state index contributed by atoms with van der Waals surface area (Å²) in [5.74, 6) is 0.705. The molecule has 0 spiro atoms. The summed E-state index contributed by atoms with van der Waals surface area (Å²) in [6, 6.07) is 5.28. The number of rotatable bonds is 4. The Morgan fingerprint density at radius 2 is 2.05 bits per heavy atom. The van der Waals surface area contributed by atoms with E-state index >= 15 is 0 Å². The van der Waals surface area contributed by atoms with Crippen LogP contribution in [0.1, 0.15) is 43.4 Å². The van der Waals surface area contributed by atoms with Gasteiger partial charge in [0.2, 0.25) is 0 Å². The van der Waals surface area contributed by atoms with Crippen molar-refractivity contribution in [3.05, 3.63) is 35.1 Å². The van der Waals surface area contributed by atoms with Gasteiger partial charge in [-0.25, -0.2) is 4.39 Å². The highest BCUT2D eigenvalue weighted by Gasteiger charge is 2.16. The molecular formula is C16H25FN2. The highest BCUT2D eigenvalue weighted by atomic mass is 19.1. The van der Waals surface area contributed by atoms with Crippen LogP contribution in [0.5, 0.6) is 0 Å². The fraction of sp³-hybridized carbons (Fsp3) is 0.625. The summed E-state index contributed by atoms with van der Waals surface area (Å²) in [4.78, 5) is 2.48. The standard InChI is InChI=1S/C16H25FN2/c1-12-5-8-19(9-6-12)10-7-16(18)14-4-3-13(2)15(17)11-14/h3-4,11-12,16H,5-10,18H2,1-2H3. The minimum Gasteiger partial charge on any atom is -0.324 e. The van der Waals surface area contributed by atoms with Crippen LogP contribution in [0.15, 0.2) is 18.2 Å². The minimum atomic E-state index is -0.153. The first kappa shape index (κ1) is 14.5. The number of hydrogen-bond acceptors (Lipinski definition) is 2. The van der Waals surface area contributed by atoms with Crippen LogP contribution < -0.4 is 5.73 Å². The molecule has 1 aromatic carbocycles. The number of halogens is 1. The smallest absolute Gasteiger partial charge is 0.126 e. The van der Waals surface area contributed by atoms with Crippen molar-refractivity contribution in [3.8, 4) is 0 Å². The van der Waals surface area contributed by atoms with Crippen molar-refractivity contribution in [1.82, 2.24) is 4.90 Å². The molecule has 0 bridgehead atoms. The van der Waals surface area contributed by atoms with E-state index in [2.05, 4.69) is 11.8 Å². The second kappa shape index (κ2) is 6.49. The first-order valence-corrected chi connectivity index (χ1v) is 7.30. The summed E-state index contributed by atoms with van der Waals surface area (Å²) in [7, 11) is 0. The van der Waals surface area contributed by atoms with Crippen LogP contribution in [0.2, 0.25) is 0 Å². The number of hydrogen-bond donors (Lipinski definition) is 1. The predicted molar refractivity (Wildman–Crippen MR) is 77.5 cm³/mol. The number of benzene rings is 1. The van der Waals surface area contributed by atoms with Crippen molar-refractivity contribution < 1.29 is 4.39 Å². The Balaban J connectivity index is 1.83. The van der Waals surface area contributed by atoms with Gasteiger partial charge < -0.3 is 10.6 Å². The number of aryl methyl sites for hydroxylation is 1. The quantitative estimate of drug-likeness (QED) is 0.904. The third kappa shape index (κ3) is 4.02. The van der Waals surface area contributed by atoms with E-state index in [9.17, 15) is 4.39 Å². The predicted octanol–water partition coefficient (Wildman–Crippen LogP) is 3.26. The van der Waals surface area contributed by atoms with Crippen molar-refractivity contribution in [2.45, 2.75) is 39.2 Å². The Bertz CT molecular complexity index is 411. The zero-order chi connectivity index (χ0) is 13.8. The lowest BCUT2D eigenvalue weighted by molar-refractivity contribution is 0.187.